The summed E-state index contributed by atoms with van der Waals surface area (Å²) in [7, 11) is 0. The molecule has 0 saturated carbocycles. The smallest absolute Gasteiger partial charge is 0.250 e. The Morgan fingerprint density at radius 1 is 1.20 bits per heavy atom. The molecule has 0 aliphatic rings. The number of rotatable bonds is 3. The molecule has 5 nitrogen and oxygen atoms in total. The van der Waals surface area contributed by atoms with Gasteiger partial charge >= 0.3 is 0 Å². The normalized spacial score (nSPS) is 9.80. The van der Waals surface area contributed by atoms with Crippen molar-refractivity contribution in [2.24, 2.45) is 5.73 Å². The van der Waals surface area contributed by atoms with Gasteiger partial charge in [0.25, 0.3) is 5.91 Å². The highest BCUT2D eigenvalue weighted by Gasteiger charge is 2.11. The molecule has 2 aromatic rings. The van der Waals surface area contributed by atoms with Gasteiger partial charge in [0.15, 0.2) is 0 Å². The molecule has 1 amide bonds. The van der Waals surface area contributed by atoms with Gasteiger partial charge in [0.05, 0.1) is 22.5 Å². The lowest BCUT2D eigenvalue weighted by Crippen LogP contribution is -2.14. The van der Waals surface area contributed by atoms with Crippen molar-refractivity contribution >= 4 is 34.6 Å². The molecule has 100 valence electrons. The Hall–Kier alpha value is -2.71. The highest BCUT2D eigenvalue weighted by molar-refractivity contribution is 6.31. The van der Waals surface area contributed by atoms with Crippen molar-refractivity contribution in [1.29, 1.82) is 5.26 Å². The van der Waals surface area contributed by atoms with E-state index in [4.69, 9.17) is 28.3 Å². The first kappa shape index (κ1) is 13.7. The number of carbonyl (C=O) groups excluding carboxylic acids is 1. The summed E-state index contributed by atoms with van der Waals surface area (Å²) in [6, 6.07) is 11.6. The zero-order chi connectivity index (χ0) is 14.7. The van der Waals surface area contributed by atoms with Gasteiger partial charge in [-0.1, -0.05) is 11.6 Å². The number of halogens is 1. The summed E-state index contributed by atoms with van der Waals surface area (Å²) in [6.45, 7) is 0. The van der Waals surface area contributed by atoms with Gasteiger partial charge in [-0.25, -0.2) is 0 Å². The van der Waals surface area contributed by atoms with Crippen molar-refractivity contribution in [2.75, 3.05) is 11.1 Å². The molecule has 2 aromatic carbocycles. The van der Waals surface area contributed by atoms with Crippen LogP contribution in [0.15, 0.2) is 36.4 Å². The van der Waals surface area contributed by atoms with Crippen molar-refractivity contribution < 1.29 is 4.79 Å². The topological polar surface area (TPSA) is 105 Å². The Balaban J connectivity index is 2.48. The zero-order valence-corrected chi connectivity index (χ0v) is 11.1. The number of amides is 1. The molecule has 0 unspecified atom stereocenters. The average Bonchev–Trinajstić information content (AvgIpc) is 2.41. The standard InChI is InChI=1S/C14H11ClN4O/c15-9-2-1-8(7-16)13(5-9)19-12-4-3-10(17)6-11(12)14(18)20/h1-6,19H,17H2,(H2,18,20). The van der Waals surface area contributed by atoms with Gasteiger partial charge in [0.1, 0.15) is 6.07 Å². The van der Waals surface area contributed by atoms with Crippen LogP contribution in [0.5, 0.6) is 0 Å². The van der Waals surface area contributed by atoms with E-state index in [-0.39, 0.29) is 5.56 Å². The molecule has 0 heterocycles. The van der Waals surface area contributed by atoms with Gasteiger partial charge in [-0.2, -0.15) is 5.26 Å². The maximum Gasteiger partial charge on any atom is 0.250 e. The van der Waals surface area contributed by atoms with Crippen LogP contribution in [0.3, 0.4) is 0 Å². The molecule has 0 fully saturated rings. The monoisotopic (exact) mass is 286 g/mol. The number of hydrogen-bond acceptors (Lipinski definition) is 4. The van der Waals surface area contributed by atoms with Crippen molar-refractivity contribution in [1.82, 2.24) is 0 Å². The van der Waals surface area contributed by atoms with Crippen LogP contribution >= 0.6 is 11.6 Å². The molecule has 0 aliphatic carbocycles. The Morgan fingerprint density at radius 2 is 1.95 bits per heavy atom. The first-order chi connectivity index (χ1) is 9.51. The maximum atomic E-state index is 11.4. The predicted octanol–water partition coefficient (Wildman–Crippen LogP) is 2.64. The Morgan fingerprint density at radius 3 is 2.60 bits per heavy atom. The summed E-state index contributed by atoms with van der Waals surface area (Å²) in [5, 5.41) is 12.5. The molecule has 0 spiro atoms. The molecule has 5 N–H and O–H groups in total. The number of nitrogens with two attached hydrogens (primary N) is 2. The lowest BCUT2D eigenvalue weighted by molar-refractivity contribution is 0.100. The minimum absolute atomic E-state index is 0.244. The van der Waals surface area contributed by atoms with Crippen LogP contribution in [-0.2, 0) is 0 Å². The van der Waals surface area contributed by atoms with Gasteiger partial charge in [-0.05, 0) is 36.4 Å². The van der Waals surface area contributed by atoms with Gasteiger partial charge < -0.3 is 16.8 Å². The molecule has 0 atom stereocenters. The summed E-state index contributed by atoms with van der Waals surface area (Å²) in [6.07, 6.45) is 0. The summed E-state index contributed by atoms with van der Waals surface area (Å²) >= 11 is 5.91. The fourth-order valence-corrected chi connectivity index (χ4v) is 1.91. The van der Waals surface area contributed by atoms with E-state index in [2.05, 4.69) is 5.32 Å². The molecular weight excluding hydrogens is 276 g/mol. The number of anilines is 3. The molecular formula is C14H11ClN4O. The number of nitrogens with one attached hydrogen (secondary N) is 1. The summed E-state index contributed by atoms with van der Waals surface area (Å²) in [5.41, 5.74) is 13.0. The third-order valence-electron chi connectivity index (χ3n) is 2.68. The van der Waals surface area contributed by atoms with Crippen LogP contribution in [0, 0.1) is 11.3 Å². The van der Waals surface area contributed by atoms with Crippen LogP contribution in [0.25, 0.3) is 0 Å². The Labute approximate surface area is 120 Å². The Bertz CT molecular complexity index is 722. The largest absolute Gasteiger partial charge is 0.399 e. The van der Waals surface area contributed by atoms with E-state index >= 15 is 0 Å². The quantitative estimate of drug-likeness (QED) is 0.754. The predicted molar refractivity (Wildman–Crippen MR) is 78.8 cm³/mol. The van der Waals surface area contributed by atoms with Crippen molar-refractivity contribution in [2.45, 2.75) is 0 Å². The molecule has 6 heteroatoms. The van der Waals surface area contributed by atoms with E-state index in [1.807, 2.05) is 6.07 Å². The maximum absolute atomic E-state index is 11.4. The SMILES string of the molecule is N#Cc1ccc(Cl)cc1Nc1ccc(N)cc1C(N)=O. The van der Waals surface area contributed by atoms with Crippen LogP contribution in [0.4, 0.5) is 17.1 Å². The summed E-state index contributed by atoms with van der Waals surface area (Å²) < 4.78 is 0. The molecule has 20 heavy (non-hydrogen) atoms. The van der Waals surface area contributed by atoms with Crippen molar-refractivity contribution in [3.63, 3.8) is 0 Å². The van der Waals surface area contributed by atoms with E-state index in [0.29, 0.717) is 27.6 Å². The number of nitrogen functional groups attached to an aromatic ring is 1. The van der Waals surface area contributed by atoms with Crippen LogP contribution in [-0.4, -0.2) is 5.91 Å². The number of benzene rings is 2. The fraction of sp³-hybridized carbons (Fsp3) is 0. The third-order valence-corrected chi connectivity index (χ3v) is 2.92. The van der Waals surface area contributed by atoms with E-state index < -0.39 is 5.91 Å². The van der Waals surface area contributed by atoms with Crippen LogP contribution < -0.4 is 16.8 Å². The highest BCUT2D eigenvalue weighted by atomic mass is 35.5. The highest BCUT2D eigenvalue weighted by Crippen LogP contribution is 2.27. The number of primary amides is 1. The van der Waals surface area contributed by atoms with E-state index in [9.17, 15) is 4.79 Å². The molecule has 0 aliphatic heterocycles. The van der Waals surface area contributed by atoms with Gasteiger partial charge in [-0.3, -0.25) is 4.79 Å². The van der Waals surface area contributed by atoms with Gasteiger partial charge in [0, 0.05) is 10.7 Å². The zero-order valence-electron chi connectivity index (χ0n) is 10.4. The first-order valence-electron chi connectivity index (χ1n) is 5.67. The molecule has 2 rings (SSSR count). The van der Waals surface area contributed by atoms with Gasteiger partial charge in [0.2, 0.25) is 0 Å². The molecule has 0 bridgehead atoms. The van der Waals surface area contributed by atoms with E-state index in [0.717, 1.165) is 0 Å². The minimum Gasteiger partial charge on any atom is -0.399 e. The lowest BCUT2D eigenvalue weighted by atomic mass is 10.1. The summed E-state index contributed by atoms with van der Waals surface area (Å²) in [5.74, 6) is -0.611. The number of carbonyl (C=O) groups is 1. The third kappa shape index (κ3) is 2.82. The number of nitrogens with zero attached hydrogens (tertiary/aromatic N) is 1. The average molecular weight is 287 g/mol. The van der Waals surface area contributed by atoms with Crippen molar-refractivity contribution in [3.8, 4) is 6.07 Å². The Kier molecular flexibility index (Phi) is 3.78. The molecule has 0 saturated heterocycles. The van der Waals surface area contributed by atoms with E-state index in [1.165, 1.54) is 6.07 Å². The molecule has 0 aromatic heterocycles. The van der Waals surface area contributed by atoms with Gasteiger partial charge in [-0.15, -0.1) is 0 Å². The molecule has 0 radical (unpaired) electrons. The second-order valence-electron chi connectivity index (χ2n) is 4.10. The van der Waals surface area contributed by atoms with Crippen LogP contribution in [0.2, 0.25) is 5.02 Å². The lowest BCUT2D eigenvalue weighted by Gasteiger charge is -2.12. The van der Waals surface area contributed by atoms with Crippen molar-refractivity contribution in [3.05, 3.63) is 52.5 Å². The fourth-order valence-electron chi connectivity index (χ4n) is 1.74. The summed E-state index contributed by atoms with van der Waals surface area (Å²) in [4.78, 5) is 11.4. The minimum atomic E-state index is -0.611. The first-order valence-corrected chi connectivity index (χ1v) is 6.05. The number of nitriles is 1. The number of hydrogen-bond donors (Lipinski definition) is 3. The van der Waals surface area contributed by atoms with Crippen LogP contribution in [0.1, 0.15) is 15.9 Å². The van der Waals surface area contributed by atoms with E-state index in [1.54, 1.807) is 30.3 Å². The second-order valence-corrected chi connectivity index (χ2v) is 4.53. The second kappa shape index (κ2) is 5.51.